The number of quaternary nitrogens is 1. The van der Waals surface area contributed by atoms with Crippen molar-refractivity contribution in [3.63, 3.8) is 0 Å². The fourth-order valence-electron chi connectivity index (χ4n) is 10.1. The Bertz CT molecular complexity index is 1350. The highest BCUT2D eigenvalue weighted by Gasteiger charge is 2.27. The summed E-state index contributed by atoms with van der Waals surface area (Å²) in [7, 11) is 1.50. The van der Waals surface area contributed by atoms with Crippen molar-refractivity contribution in [2.75, 3.05) is 47.5 Å². The molecular weight excluding hydrogens is 978 g/mol. The van der Waals surface area contributed by atoms with Crippen LogP contribution in [0.3, 0.4) is 0 Å². The van der Waals surface area contributed by atoms with Crippen LogP contribution in [0.1, 0.15) is 341 Å². The molecular formula is C67H131NO8P+. The van der Waals surface area contributed by atoms with Gasteiger partial charge in [0.25, 0.3) is 0 Å². The molecule has 0 aliphatic rings. The second-order valence-electron chi connectivity index (χ2n) is 24.2. The first-order valence-corrected chi connectivity index (χ1v) is 35.1. The molecule has 0 amide bonds. The van der Waals surface area contributed by atoms with E-state index in [1.165, 1.54) is 270 Å². The van der Waals surface area contributed by atoms with Gasteiger partial charge in [-0.15, -0.1) is 0 Å². The van der Waals surface area contributed by atoms with E-state index in [2.05, 4.69) is 38.2 Å². The molecule has 0 aromatic rings. The van der Waals surface area contributed by atoms with Gasteiger partial charge in [0.2, 0.25) is 0 Å². The van der Waals surface area contributed by atoms with Crippen molar-refractivity contribution >= 4 is 19.8 Å². The summed E-state index contributed by atoms with van der Waals surface area (Å²) < 4.78 is 34.6. The van der Waals surface area contributed by atoms with Crippen LogP contribution in [-0.4, -0.2) is 74.9 Å². The van der Waals surface area contributed by atoms with Crippen LogP contribution in [0.2, 0.25) is 0 Å². The van der Waals surface area contributed by atoms with Gasteiger partial charge in [-0.05, 0) is 44.9 Å². The van der Waals surface area contributed by atoms with Crippen molar-refractivity contribution in [2.45, 2.75) is 347 Å². The van der Waals surface area contributed by atoms with Crippen molar-refractivity contribution < 1.29 is 42.1 Å². The van der Waals surface area contributed by atoms with Crippen LogP contribution in [-0.2, 0) is 32.7 Å². The largest absolute Gasteiger partial charge is 0.472 e. The van der Waals surface area contributed by atoms with E-state index in [9.17, 15) is 19.0 Å². The number of carbonyl (C=O) groups is 2. The Hall–Kier alpha value is -1.51. The van der Waals surface area contributed by atoms with Crippen molar-refractivity contribution in [1.82, 2.24) is 0 Å². The smallest absolute Gasteiger partial charge is 0.462 e. The molecule has 2 unspecified atom stereocenters. The number of phosphoric acid groups is 1. The number of unbranched alkanes of at least 4 members (excludes halogenated alkanes) is 45. The molecule has 0 aliphatic carbocycles. The SMILES string of the molecule is CCCCCCC/C=C\C/C=C\CCCCCCCCCCCCCCCCCCCCCCCCCCCC(=O)OC(COC(=O)CCCCCCCCCCCCCCCCCC)COP(=O)(O)OCC[N+](C)(C)C. The van der Waals surface area contributed by atoms with E-state index in [4.69, 9.17) is 18.5 Å². The number of hydrogen-bond acceptors (Lipinski definition) is 7. The lowest BCUT2D eigenvalue weighted by atomic mass is 10.0. The molecule has 0 fully saturated rings. The summed E-state index contributed by atoms with van der Waals surface area (Å²) in [6.45, 7) is 4.49. The molecule has 0 saturated carbocycles. The van der Waals surface area contributed by atoms with E-state index in [0.29, 0.717) is 17.4 Å². The highest BCUT2D eigenvalue weighted by atomic mass is 31.2. The van der Waals surface area contributed by atoms with Gasteiger partial charge in [-0.2, -0.15) is 0 Å². The summed E-state index contributed by atoms with van der Waals surface area (Å²) in [4.78, 5) is 35.7. The van der Waals surface area contributed by atoms with E-state index < -0.39 is 26.5 Å². The lowest BCUT2D eigenvalue weighted by molar-refractivity contribution is -0.870. The predicted molar refractivity (Wildman–Crippen MR) is 331 cm³/mol. The molecule has 0 aromatic heterocycles. The molecule has 0 heterocycles. The first-order chi connectivity index (χ1) is 37.5. The van der Waals surface area contributed by atoms with E-state index >= 15 is 0 Å². The molecule has 9 nitrogen and oxygen atoms in total. The van der Waals surface area contributed by atoms with E-state index in [-0.39, 0.29) is 25.6 Å². The number of hydrogen-bond donors (Lipinski definition) is 1. The molecule has 0 saturated heterocycles. The molecule has 456 valence electrons. The standard InChI is InChI=1S/C67H130NO8P/c1-6-8-10-12-14-16-18-20-22-24-25-26-27-28-29-30-31-32-33-34-35-36-37-38-39-40-41-42-43-44-46-48-50-52-54-56-58-60-67(70)76-65(64-75-77(71,72)74-62-61-68(3,4)5)63-73-66(69)59-57-55-53-51-49-47-45-23-21-19-17-15-13-11-9-7-2/h18,20,24-25,65H,6-17,19,21-23,26-64H2,1-5H3/p+1/b20-18-,25-24-. The zero-order valence-corrected chi connectivity index (χ0v) is 52.9. The van der Waals surface area contributed by atoms with Gasteiger partial charge in [0.05, 0.1) is 27.7 Å². The third kappa shape index (κ3) is 63.5. The zero-order chi connectivity index (χ0) is 56.3. The van der Waals surface area contributed by atoms with Crippen LogP contribution in [0.4, 0.5) is 0 Å². The molecule has 2 atom stereocenters. The van der Waals surface area contributed by atoms with Crippen LogP contribution in [0.5, 0.6) is 0 Å². The molecule has 0 bridgehead atoms. The minimum Gasteiger partial charge on any atom is -0.462 e. The van der Waals surface area contributed by atoms with E-state index in [1.54, 1.807) is 0 Å². The Morgan fingerprint density at radius 3 is 1.03 bits per heavy atom. The van der Waals surface area contributed by atoms with Gasteiger partial charge >= 0.3 is 19.8 Å². The maximum Gasteiger partial charge on any atom is 0.472 e. The monoisotopic (exact) mass is 1110 g/mol. The summed E-state index contributed by atoms with van der Waals surface area (Å²) in [6.07, 6.45) is 72.9. The molecule has 0 spiro atoms. The number of nitrogens with zero attached hydrogens (tertiary/aromatic N) is 1. The quantitative estimate of drug-likeness (QED) is 0.0211. The van der Waals surface area contributed by atoms with Gasteiger partial charge in [0.1, 0.15) is 19.8 Å². The van der Waals surface area contributed by atoms with E-state index in [0.717, 1.165) is 44.9 Å². The second-order valence-corrected chi connectivity index (χ2v) is 25.7. The van der Waals surface area contributed by atoms with Crippen molar-refractivity contribution in [3.8, 4) is 0 Å². The summed E-state index contributed by atoms with van der Waals surface area (Å²) >= 11 is 0. The highest BCUT2D eigenvalue weighted by molar-refractivity contribution is 7.47. The first-order valence-electron chi connectivity index (χ1n) is 33.6. The maximum atomic E-state index is 12.8. The van der Waals surface area contributed by atoms with Gasteiger partial charge < -0.3 is 18.9 Å². The maximum absolute atomic E-state index is 12.8. The normalized spacial score (nSPS) is 13.3. The predicted octanol–water partition coefficient (Wildman–Crippen LogP) is 21.3. The number of allylic oxidation sites excluding steroid dienone is 4. The minimum atomic E-state index is -4.38. The van der Waals surface area contributed by atoms with Crippen LogP contribution in [0.15, 0.2) is 24.3 Å². The topological polar surface area (TPSA) is 108 Å². The number of rotatable bonds is 63. The van der Waals surface area contributed by atoms with Crippen LogP contribution in [0.25, 0.3) is 0 Å². The lowest BCUT2D eigenvalue weighted by Gasteiger charge is -2.24. The Morgan fingerprint density at radius 1 is 0.403 bits per heavy atom. The third-order valence-electron chi connectivity index (χ3n) is 15.2. The lowest BCUT2D eigenvalue weighted by Crippen LogP contribution is -2.37. The molecule has 0 aliphatic heterocycles. The highest BCUT2D eigenvalue weighted by Crippen LogP contribution is 2.43. The summed E-state index contributed by atoms with van der Waals surface area (Å²) in [5.41, 5.74) is 0. The summed E-state index contributed by atoms with van der Waals surface area (Å²) in [5, 5.41) is 0. The van der Waals surface area contributed by atoms with Crippen LogP contribution >= 0.6 is 7.82 Å². The van der Waals surface area contributed by atoms with Crippen molar-refractivity contribution in [1.29, 1.82) is 0 Å². The Kier molecular flexibility index (Phi) is 58.0. The summed E-state index contributed by atoms with van der Waals surface area (Å²) in [5.74, 6) is -0.775. The average molecular weight is 1110 g/mol. The fourth-order valence-corrected chi connectivity index (χ4v) is 10.8. The molecule has 77 heavy (non-hydrogen) atoms. The number of phosphoric ester groups is 1. The molecule has 10 heteroatoms. The van der Waals surface area contributed by atoms with Gasteiger partial charge in [-0.25, -0.2) is 4.57 Å². The molecule has 0 aromatic carbocycles. The summed E-state index contributed by atoms with van der Waals surface area (Å²) in [6, 6.07) is 0. The fraction of sp³-hybridized carbons (Fsp3) is 0.910. The van der Waals surface area contributed by atoms with Crippen LogP contribution in [0, 0.1) is 0 Å². The van der Waals surface area contributed by atoms with Crippen molar-refractivity contribution in [3.05, 3.63) is 24.3 Å². The van der Waals surface area contributed by atoms with Gasteiger partial charge in [-0.3, -0.25) is 18.6 Å². The third-order valence-corrected chi connectivity index (χ3v) is 16.2. The van der Waals surface area contributed by atoms with E-state index in [1.807, 2.05) is 21.1 Å². The number of likely N-dealkylation sites (N-methyl/N-ethyl adjacent to an activating group) is 1. The van der Waals surface area contributed by atoms with Gasteiger partial charge in [0.15, 0.2) is 6.10 Å². The van der Waals surface area contributed by atoms with Crippen molar-refractivity contribution in [2.24, 2.45) is 0 Å². The Balaban J connectivity index is 3.90. The number of ether oxygens (including phenoxy) is 2. The first kappa shape index (κ1) is 75.5. The number of esters is 2. The van der Waals surface area contributed by atoms with Gasteiger partial charge in [0, 0.05) is 12.8 Å². The Labute approximate surface area is 479 Å². The molecule has 0 radical (unpaired) electrons. The zero-order valence-electron chi connectivity index (χ0n) is 52.0. The number of carbonyl (C=O) groups excluding carboxylic acids is 2. The second kappa shape index (κ2) is 59.1. The molecule has 0 rings (SSSR count). The van der Waals surface area contributed by atoms with Gasteiger partial charge in [-0.1, -0.05) is 308 Å². The average Bonchev–Trinajstić information content (AvgIpc) is 3.39. The van der Waals surface area contributed by atoms with Crippen LogP contribution < -0.4 is 0 Å². The minimum absolute atomic E-state index is 0.0361. The Morgan fingerprint density at radius 2 is 0.701 bits per heavy atom. The molecule has 1 N–H and O–H groups in total.